The van der Waals surface area contributed by atoms with Crippen LogP contribution in [0.5, 0.6) is 0 Å². The van der Waals surface area contributed by atoms with Gasteiger partial charge >= 0.3 is 0 Å². The lowest BCUT2D eigenvalue weighted by Crippen LogP contribution is -2.37. The van der Waals surface area contributed by atoms with E-state index in [1.807, 2.05) is 12.1 Å². The largest absolute Gasteiger partial charge is 0.351 e. The SMILES string of the molecule is CCc1cccc(CNC(=O)[C@@H](C)N)c1. The summed E-state index contributed by atoms with van der Waals surface area (Å²) in [5, 5.41) is 2.79. The van der Waals surface area contributed by atoms with Gasteiger partial charge in [-0.1, -0.05) is 31.2 Å². The van der Waals surface area contributed by atoms with Crippen LogP contribution < -0.4 is 11.1 Å². The van der Waals surface area contributed by atoms with Crippen LogP contribution in [0.15, 0.2) is 24.3 Å². The minimum absolute atomic E-state index is 0.114. The van der Waals surface area contributed by atoms with Gasteiger partial charge in [-0.05, 0) is 24.5 Å². The molecule has 1 amide bonds. The van der Waals surface area contributed by atoms with Crippen LogP contribution >= 0.6 is 0 Å². The summed E-state index contributed by atoms with van der Waals surface area (Å²) < 4.78 is 0. The molecule has 3 N–H and O–H groups in total. The van der Waals surface area contributed by atoms with Crippen LogP contribution in [0.3, 0.4) is 0 Å². The van der Waals surface area contributed by atoms with E-state index in [2.05, 4.69) is 24.4 Å². The first-order valence-corrected chi connectivity index (χ1v) is 5.24. The Hall–Kier alpha value is -1.35. The molecule has 0 heterocycles. The highest BCUT2D eigenvalue weighted by Gasteiger charge is 2.05. The Kier molecular flexibility index (Phi) is 4.31. The fraction of sp³-hybridized carbons (Fsp3) is 0.417. The standard InChI is InChI=1S/C12H18N2O/c1-3-10-5-4-6-11(7-10)8-14-12(15)9(2)13/h4-7,9H,3,8,13H2,1-2H3,(H,14,15)/t9-/m1/s1. The molecule has 0 unspecified atom stereocenters. The van der Waals surface area contributed by atoms with Gasteiger partial charge in [-0.3, -0.25) is 4.79 Å². The summed E-state index contributed by atoms with van der Waals surface area (Å²) in [5.74, 6) is -0.114. The van der Waals surface area contributed by atoms with E-state index in [-0.39, 0.29) is 5.91 Å². The lowest BCUT2D eigenvalue weighted by Gasteiger charge is -2.08. The first-order chi connectivity index (χ1) is 7.13. The molecule has 0 radical (unpaired) electrons. The summed E-state index contributed by atoms with van der Waals surface area (Å²) in [6, 6.07) is 7.74. The maximum absolute atomic E-state index is 11.2. The van der Waals surface area contributed by atoms with E-state index in [0.29, 0.717) is 6.54 Å². The predicted octanol–water partition coefficient (Wildman–Crippen LogP) is 1.21. The van der Waals surface area contributed by atoms with Crippen molar-refractivity contribution in [1.82, 2.24) is 5.32 Å². The Bertz CT molecular complexity index is 334. The third kappa shape index (κ3) is 3.72. The fourth-order valence-corrected chi connectivity index (χ4v) is 1.31. The number of aryl methyl sites for hydroxylation is 1. The lowest BCUT2D eigenvalue weighted by molar-refractivity contribution is -0.122. The molecule has 1 atom stereocenters. The quantitative estimate of drug-likeness (QED) is 0.778. The van der Waals surface area contributed by atoms with Crippen molar-refractivity contribution in [1.29, 1.82) is 0 Å². The maximum atomic E-state index is 11.2. The summed E-state index contributed by atoms with van der Waals surface area (Å²) in [4.78, 5) is 11.2. The predicted molar refractivity (Wildman–Crippen MR) is 61.3 cm³/mol. The molecule has 15 heavy (non-hydrogen) atoms. The van der Waals surface area contributed by atoms with E-state index < -0.39 is 6.04 Å². The minimum Gasteiger partial charge on any atom is -0.351 e. The summed E-state index contributed by atoms with van der Waals surface area (Å²) in [6.07, 6.45) is 1.01. The summed E-state index contributed by atoms with van der Waals surface area (Å²) in [5.41, 5.74) is 7.84. The number of carbonyl (C=O) groups excluding carboxylic acids is 1. The number of hydrogen-bond acceptors (Lipinski definition) is 2. The average Bonchev–Trinajstić information content (AvgIpc) is 2.26. The highest BCUT2D eigenvalue weighted by Crippen LogP contribution is 2.05. The molecular weight excluding hydrogens is 188 g/mol. The fourth-order valence-electron chi connectivity index (χ4n) is 1.31. The number of hydrogen-bond donors (Lipinski definition) is 2. The molecule has 0 aliphatic rings. The highest BCUT2D eigenvalue weighted by atomic mass is 16.2. The second-order valence-electron chi connectivity index (χ2n) is 3.68. The number of rotatable bonds is 4. The summed E-state index contributed by atoms with van der Waals surface area (Å²) in [6.45, 7) is 4.34. The maximum Gasteiger partial charge on any atom is 0.236 e. The number of carbonyl (C=O) groups is 1. The molecule has 82 valence electrons. The monoisotopic (exact) mass is 206 g/mol. The Morgan fingerprint density at radius 3 is 2.73 bits per heavy atom. The van der Waals surface area contributed by atoms with Crippen LogP contribution in [-0.4, -0.2) is 11.9 Å². The van der Waals surface area contributed by atoms with Gasteiger partial charge < -0.3 is 11.1 Å². The van der Waals surface area contributed by atoms with Crippen LogP contribution in [0.25, 0.3) is 0 Å². The smallest absolute Gasteiger partial charge is 0.236 e. The molecule has 0 spiro atoms. The van der Waals surface area contributed by atoms with Crippen LogP contribution in [0, 0.1) is 0 Å². The molecule has 3 heteroatoms. The van der Waals surface area contributed by atoms with Gasteiger partial charge in [-0.2, -0.15) is 0 Å². The van der Waals surface area contributed by atoms with E-state index in [9.17, 15) is 4.79 Å². The molecular formula is C12H18N2O. The average molecular weight is 206 g/mol. The van der Waals surface area contributed by atoms with Crippen molar-refractivity contribution >= 4 is 5.91 Å². The van der Waals surface area contributed by atoms with Gasteiger partial charge in [0.25, 0.3) is 0 Å². The lowest BCUT2D eigenvalue weighted by atomic mass is 10.1. The Morgan fingerprint density at radius 1 is 1.47 bits per heavy atom. The van der Waals surface area contributed by atoms with Gasteiger partial charge in [-0.25, -0.2) is 0 Å². The highest BCUT2D eigenvalue weighted by molar-refractivity contribution is 5.80. The number of amides is 1. The Morgan fingerprint density at radius 2 is 2.13 bits per heavy atom. The van der Waals surface area contributed by atoms with Gasteiger partial charge in [0.1, 0.15) is 0 Å². The zero-order chi connectivity index (χ0) is 11.3. The Balaban J connectivity index is 2.54. The molecule has 1 rings (SSSR count). The molecule has 0 aliphatic carbocycles. The van der Waals surface area contributed by atoms with Crippen molar-refractivity contribution < 1.29 is 4.79 Å². The molecule has 0 aliphatic heterocycles. The van der Waals surface area contributed by atoms with Crippen molar-refractivity contribution in [3.05, 3.63) is 35.4 Å². The van der Waals surface area contributed by atoms with E-state index in [1.54, 1.807) is 6.92 Å². The molecule has 0 saturated heterocycles. The van der Waals surface area contributed by atoms with E-state index in [1.165, 1.54) is 5.56 Å². The van der Waals surface area contributed by atoms with E-state index in [0.717, 1.165) is 12.0 Å². The summed E-state index contributed by atoms with van der Waals surface area (Å²) in [7, 11) is 0. The van der Waals surface area contributed by atoms with Crippen molar-refractivity contribution in [3.8, 4) is 0 Å². The number of nitrogens with two attached hydrogens (primary N) is 1. The first kappa shape index (κ1) is 11.7. The normalized spacial score (nSPS) is 12.2. The third-order valence-corrected chi connectivity index (χ3v) is 2.28. The van der Waals surface area contributed by atoms with Crippen molar-refractivity contribution in [2.75, 3.05) is 0 Å². The molecule has 1 aromatic rings. The van der Waals surface area contributed by atoms with Crippen molar-refractivity contribution in [2.45, 2.75) is 32.9 Å². The van der Waals surface area contributed by atoms with Gasteiger partial charge in [0, 0.05) is 6.54 Å². The van der Waals surface area contributed by atoms with Gasteiger partial charge in [-0.15, -0.1) is 0 Å². The van der Waals surface area contributed by atoms with Gasteiger partial charge in [0.15, 0.2) is 0 Å². The van der Waals surface area contributed by atoms with Crippen LogP contribution in [0.2, 0.25) is 0 Å². The zero-order valence-electron chi connectivity index (χ0n) is 9.29. The molecule has 0 fully saturated rings. The molecule has 3 nitrogen and oxygen atoms in total. The molecule has 0 aromatic heterocycles. The van der Waals surface area contributed by atoms with Gasteiger partial charge in [0.05, 0.1) is 6.04 Å². The van der Waals surface area contributed by atoms with Gasteiger partial charge in [0.2, 0.25) is 5.91 Å². The first-order valence-electron chi connectivity index (χ1n) is 5.24. The topological polar surface area (TPSA) is 55.1 Å². The van der Waals surface area contributed by atoms with E-state index >= 15 is 0 Å². The van der Waals surface area contributed by atoms with Crippen LogP contribution in [0.4, 0.5) is 0 Å². The van der Waals surface area contributed by atoms with Crippen molar-refractivity contribution in [3.63, 3.8) is 0 Å². The molecule has 1 aromatic carbocycles. The molecule has 0 bridgehead atoms. The number of benzene rings is 1. The number of nitrogens with one attached hydrogen (secondary N) is 1. The Labute approximate surface area is 90.7 Å². The van der Waals surface area contributed by atoms with E-state index in [4.69, 9.17) is 5.73 Å². The summed E-state index contributed by atoms with van der Waals surface area (Å²) >= 11 is 0. The third-order valence-electron chi connectivity index (χ3n) is 2.28. The second kappa shape index (κ2) is 5.51. The van der Waals surface area contributed by atoms with Crippen LogP contribution in [0.1, 0.15) is 25.0 Å². The van der Waals surface area contributed by atoms with Crippen molar-refractivity contribution in [2.24, 2.45) is 5.73 Å². The zero-order valence-corrected chi connectivity index (χ0v) is 9.29. The minimum atomic E-state index is -0.445. The van der Waals surface area contributed by atoms with Crippen LogP contribution in [-0.2, 0) is 17.8 Å². The second-order valence-corrected chi connectivity index (χ2v) is 3.68. The molecule has 0 saturated carbocycles.